The molecule has 0 aliphatic heterocycles. The first kappa shape index (κ1) is 15.2. The molecule has 3 heteroatoms. The largest absolute Gasteiger partial charge is 0.355 e. The average Bonchev–Trinajstić information content (AvgIpc) is 2.29. The Hall–Kier alpha value is -0.830. The number of nitrogens with one attached hydrogen (secondary N) is 1. The second-order valence-corrected chi connectivity index (χ2v) is 6.76. The van der Waals surface area contributed by atoms with Crippen LogP contribution >= 0.6 is 15.9 Å². The van der Waals surface area contributed by atoms with Gasteiger partial charge < -0.3 is 5.32 Å². The van der Waals surface area contributed by atoms with Crippen LogP contribution < -0.4 is 5.32 Å². The molecule has 18 heavy (non-hydrogen) atoms. The Morgan fingerprint density at radius 1 is 1.28 bits per heavy atom. The molecule has 0 fully saturated rings. The van der Waals surface area contributed by atoms with Crippen LogP contribution in [0.4, 0.5) is 0 Å². The Morgan fingerprint density at radius 3 is 2.33 bits per heavy atom. The molecule has 0 aliphatic carbocycles. The maximum Gasteiger partial charge on any atom is 0.222 e. The zero-order valence-corrected chi connectivity index (χ0v) is 13.2. The monoisotopic (exact) mass is 311 g/mol. The first-order valence-corrected chi connectivity index (χ1v) is 7.12. The molecule has 0 spiro atoms. The first-order chi connectivity index (χ1) is 8.30. The van der Waals surface area contributed by atoms with Crippen molar-refractivity contribution in [1.82, 2.24) is 5.32 Å². The van der Waals surface area contributed by atoms with Crippen LogP contribution in [0.1, 0.15) is 33.3 Å². The highest BCUT2D eigenvalue weighted by Crippen LogP contribution is 2.22. The maximum absolute atomic E-state index is 11.6. The van der Waals surface area contributed by atoms with Crippen molar-refractivity contribution in [1.29, 1.82) is 0 Å². The highest BCUT2D eigenvalue weighted by molar-refractivity contribution is 9.10. The summed E-state index contributed by atoms with van der Waals surface area (Å²) >= 11 is 3.43. The molecule has 100 valence electrons. The van der Waals surface area contributed by atoms with Gasteiger partial charge in [-0.2, -0.15) is 0 Å². The van der Waals surface area contributed by atoms with Crippen molar-refractivity contribution >= 4 is 21.8 Å². The summed E-state index contributed by atoms with van der Waals surface area (Å²) in [4.78, 5) is 11.6. The van der Waals surface area contributed by atoms with Crippen LogP contribution in [0.5, 0.6) is 0 Å². The predicted molar refractivity (Wildman–Crippen MR) is 79.5 cm³/mol. The molecule has 0 aliphatic rings. The topological polar surface area (TPSA) is 29.1 Å². The molecule has 1 aromatic carbocycles. The fourth-order valence-corrected chi connectivity index (χ4v) is 2.01. The van der Waals surface area contributed by atoms with Gasteiger partial charge in [-0.25, -0.2) is 0 Å². The van der Waals surface area contributed by atoms with Gasteiger partial charge in [0.25, 0.3) is 0 Å². The van der Waals surface area contributed by atoms with E-state index < -0.39 is 0 Å². The van der Waals surface area contributed by atoms with Crippen LogP contribution in [0, 0.1) is 11.3 Å². The van der Waals surface area contributed by atoms with Crippen LogP contribution in [-0.4, -0.2) is 12.5 Å². The second kappa shape index (κ2) is 6.37. The van der Waals surface area contributed by atoms with Gasteiger partial charge in [0, 0.05) is 16.9 Å². The molecule has 1 aromatic rings. The summed E-state index contributed by atoms with van der Waals surface area (Å²) in [6, 6.07) is 8.35. The quantitative estimate of drug-likeness (QED) is 0.880. The van der Waals surface area contributed by atoms with Crippen LogP contribution in [0.25, 0.3) is 0 Å². The SMILES string of the molecule is CC(C)C(=O)NCC(C)(C)Cc1ccc(Br)cc1. The molecule has 1 amide bonds. The number of carbonyl (C=O) groups is 1. The van der Waals surface area contributed by atoms with Crippen molar-refractivity contribution in [3.05, 3.63) is 34.3 Å². The van der Waals surface area contributed by atoms with Gasteiger partial charge >= 0.3 is 0 Å². The molecule has 0 atom stereocenters. The lowest BCUT2D eigenvalue weighted by Gasteiger charge is -2.25. The lowest BCUT2D eigenvalue weighted by molar-refractivity contribution is -0.124. The van der Waals surface area contributed by atoms with Crippen LogP contribution in [-0.2, 0) is 11.2 Å². The predicted octanol–water partition coefficient (Wildman–Crippen LogP) is 3.79. The van der Waals surface area contributed by atoms with E-state index in [0.717, 1.165) is 10.9 Å². The Labute approximate surface area is 118 Å². The van der Waals surface area contributed by atoms with Crippen molar-refractivity contribution in [2.45, 2.75) is 34.1 Å². The standard InChI is InChI=1S/C15H22BrNO/c1-11(2)14(18)17-10-15(3,4)9-12-5-7-13(16)8-6-12/h5-8,11H,9-10H2,1-4H3,(H,17,18). The summed E-state index contributed by atoms with van der Waals surface area (Å²) in [5, 5.41) is 3.01. The molecule has 0 saturated heterocycles. The normalized spacial score (nSPS) is 11.7. The fraction of sp³-hybridized carbons (Fsp3) is 0.533. The molecule has 1 rings (SSSR count). The number of hydrogen-bond donors (Lipinski definition) is 1. The molecule has 1 N–H and O–H groups in total. The molecule has 2 nitrogen and oxygen atoms in total. The molecule has 0 unspecified atom stereocenters. The van der Waals surface area contributed by atoms with Gasteiger partial charge in [-0.05, 0) is 29.5 Å². The van der Waals surface area contributed by atoms with Gasteiger partial charge in [0.2, 0.25) is 5.91 Å². The van der Waals surface area contributed by atoms with E-state index in [9.17, 15) is 4.79 Å². The number of halogens is 1. The molecule has 0 heterocycles. The minimum absolute atomic E-state index is 0.0495. The molecular weight excluding hydrogens is 290 g/mol. The summed E-state index contributed by atoms with van der Waals surface area (Å²) < 4.78 is 1.09. The lowest BCUT2D eigenvalue weighted by atomic mass is 9.85. The number of carbonyl (C=O) groups excluding carboxylic acids is 1. The first-order valence-electron chi connectivity index (χ1n) is 6.32. The van der Waals surface area contributed by atoms with Crippen LogP contribution in [0.15, 0.2) is 28.7 Å². The van der Waals surface area contributed by atoms with Gasteiger partial charge in [-0.1, -0.05) is 55.8 Å². The number of hydrogen-bond acceptors (Lipinski definition) is 1. The lowest BCUT2D eigenvalue weighted by Crippen LogP contribution is -2.37. The maximum atomic E-state index is 11.6. The minimum Gasteiger partial charge on any atom is -0.355 e. The molecule has 0 bridgehead atoms. The van der Waals surface area contributed by atoms with E-state index in [-0.39, 0.29) is 17.2 Å². The van der Waals surface area contributed by atoms with Crippen molar-refractivity contribution in [2.75, 3.05) is 6.54 Å². The highest BCUT2D eigenvalue weighted by atomic mass is 79.9. The van der Waals surface area contributed by atoms with E-state index in [1.54, 1.807) is 0 Å². The van der Waals surface area contributed by atoms with Crippen molar-refractivity contribution in [2.24, 2.45) is 11.3 Å². The van der Waals surface area contributed by atoms with E-state index >= 15 is 0 Å². The van der Waals surface area contributed by atoms with Crippen molar-refractivity contribution in [3.8, 4) is 0 Å². The molecule has 0 aromatic heterocycles. The second-order valence-electron chi connectivity index (χ2n) is 5.84. The van der Waals surface area contributed by atoms with E-state index in [4.69, 9.17) is 0 Å². The van der Waals surface area contributed by atoms with Gasteiger partial charge in [0.1, 0.15) is 0 Å². The number of benzene rings is 1. The van der Waals surface area contributed by atoms with Crippen LogP contribution in [0.2, 0.25) is 0 Å². The van der Waals surface area contributed by atoms with Gasteiger partial charge in [0.05, 0.1) is 0 Å². The van der Waals surface area contributed by atoms with E-state index in [1.165, 1.54) is 5.56 Å². The average molecular weight is 312 g/mol. The summed E-state index contributed by atoms with van der Waals surface area (Å²) in [5.41, 5.74) is 1.36. The van der Waals surface area contributed by atoms with Crippen LogP contribution in [0.3, 0.4) is 0 Å². The Bertz CT molecular complexity index is 395. The van der Waals surface area contributed by atoms with E-state index in [1.807, 2.05) is 13.8 Å². The van der Waals surface area contributed by atoms with E-state index in [2.05, 4.69) is 59.4 Å². The molecular formula is C15H22BrNO. The smallest absolute Gasteiger partial charge is 0.222 e. The highest BCUT2D eigenvalue weighted by Gasteiger charge is 2.20. The minimum atomic E-state index is 0.0495. The molecule has 0 radical (unpaired) electrons. The van der Waals surface area contributed by atoms with Crippen molar-refractivity contribution in [3.63, 3.8) is 0 Å². The Balaban J connectivity index is 2.53. The third-order valence-corrected chi connectivity index (χ3v) is 3.39. The number of amides is 1. The summed E-state index contributed by atoms with van der Waals surface area (Å²) in [6.45, 7) is 8.89. The Morgan fingerprint density at radius 2 is 1.83 bits per heavy atom. The molecule has 0 saturated carbocycles. The van der Waals surface area contributed by atoms with Crippen molar-refractivity contribution < 1.29 is 4.79 Å². The van der Waals surface area contributed by atoms with Gasteiger partial charge in [0.15, 0.2) is 0 Å². The zero-order chi connectivity index (χ0) is 13.8. The van der Waals surface area contributed by atoms with E-state index in [0.29, 0.717) is 6.54 Å². The fourth-order valence-electron chi connectivity index (χ4n) is 1.75. The van der Waals surface area contributed by atoms with Gasteiger partial charge in [-0.15, -0.1) is 0 Å². The third kappa shape index (κ3) is 5.21. The summed E-state index contributed by atoms with van der Waals surface area (Å²) in [7, 11) is 0. The summed E-state index contributed by atoms with van der Waals surface area (Å²) in [5.74, 6) is 0.173. The Kier molecular flexibility index (Phi) is 5.39. The number of rotatable bonds is 5. The third-order valence-electron chi connectivity index (χ3n) is 2.86. The van der Waals surface area contributed by atoms with Gasteiger partial charge in [-0.3, -0.25) is 4.79 Å². The summed E-state index contributed by atoms with van der Waals surface area (Å²) in [6.07, 6.45) is 0.957. The zero-order valence-electron chi connectivity index (χ0n) is 11.6.